The van der Waals surface area contributed by atoms with Gasteiger partial charge in [-0.1, -0.05) is 0 Å². The van der Waals surface area contributed by atoms with Gasteiger partial charge in [0, 0.05) is 18.2 Å². The van der Waals surface area contributed by atoms with E-state index in [1.165, 1.54) is 12.5 Å². The number of amides is 1. The zero-order valence-corrected chi connectivity index (χ0v) is 9.80. The van der Waals surface area contributed by atoms with E-state index in [0.29, 0.717) is 6.54 Å². The third kappa shape index (κ3) is 2.33. The van der Waals surface area contributed by atoms with Gasteiger partial charge in [-0.05, 0) is 40.9 Å². The fourth-order valence-electron chi connectivity index (χ4n) is 1.64. The Morgan fingerprint density at radius 2 is 2.31 bits per heavy atom. The molecule has 3 nitrogen and oxygen atoms in total. The van der Waals surface area contributed by atoms with E-state index >= 15 is 0 Å². The van der Waals surface area contributed by atoms with Crippen molar-refractivity contribution in [3.63, 3.8) is 0 Å². The van der Waals surface area contributed by atoms with Crippen molar-refractivity contribution in [3.05, 3.63) is 29.1 Å². The SMILES string of the molecule is CC(=O)NCCc1csc2ccc(O)cc12. The van der Waals surface area contributed by atoms with Crippen molar-refractivity contribution in [2.45, 2.75) is 13.3 Å². The molecule has 2 aromatic rings. The highest BCUT2D eigenvalue weighted by Gasteiger charge is 2.04. The number of fused-ring (bicyclic) bond motifs is 1. The van der Waals surface area contributed by atoms with Crippen LogP contribution in [0.3, 0.4) is 0 Å². The second-order valence-electron chi connectivity index (χ2n) is 3.67. The lowest BCUT2D eigenvalue weighted by molar-refractivity contribution is -0.118. The van der Waals surface area contributed by atoms with Gasteiger partial charge in [0.05, 0.1) is 0 Å². The van der Waals surface area contributed by atoms with Gasteiger partial charge >= 0.3 is 0 Å². The van der Waals surface area contributed by atoms with Crippen LogP contribution in [-0.2, 0) is 11.2 Å². The molecule has 0 aliphatic rings. The van der Waals surface area contributed by atoms with Gasteiger partial charge in [0.2, 0.25) is 5.91 Å². The molecule has 1 amide bonds. The summed E-state index contributed by atoms with van der Waals surface area (Å²) in [7, 11) is 0. The Kier molecular flexibility index (Phi) is 3.10. The van der Waals surface area contributed by atoms with Crippen LogP contribution in [0.1, 0.15) is 12.5 Å². The summed E-state index contributed by atoms with van der Waals surface area (Å²) in [5, 5.41) is 15.3. The molecule has 2 N–H and O–H groups in total. The zero-order valence-electron chi connectivity index (χ0n) is 8.99. The summed E-state index contributed by atoms with van der Waals surface area (Å²) in [6.07, 6.45) is 0.795. The van der Waals surface area contributed by atoms with E-state index in [-0.39, 0.29) is 11.7 Å². The topological polar surface area (TPSA) is 49.3 Å². The maximum absolute atomic E-state index is 10.7. The van der Waals surface area contributed by atoms with Gasteiger partial charge in [0.1, 0.15) is 5.75 Å². The van der Waals surface area contributed by atoms with Crippen LogP contribution in [0.4, 0.5) is 0 Å². The first-order valence-corrected chi connectivity index (χ1v) is 5.98. The molecule has 1 aromatic carbocycles. The van der Waals surface area contributed by atoms with Crippen molar-refractivity contribution in [1.29, 1.82) is 0 Å². The second-order valence-corrected chi connectivity index (χ2v) is 4.59. The third-order valence-electron chi connectivity index (χ3n) is 2.41. The first kappa shape index (κ1) is 11.0. The summed E-state index contributed by atoms with van der Waals surface area (Å²) in [5.41, 5.74) is 1.17. The standard InChI is InChI=1S/C12H13NO2S/c1-8(14)13-5-4-9-7-16-12-3-2-10(15)6-11(9)12/h2-3,6-7,15H,4-5H2,1H3,(H,13,14). The molecule has 0 saturated heterocycles. The van der Waals surface area contributed by atoms with Gasteiger partial charge in [0.15, 0.2) is 0 Å². The molecule has 0 aliphatic heterocycles. The first-order chi connectivity index (χ1) is 7.66. The van der Waals surface area contributed by atoms with E-state index in [1.54, 1.807) is 23.5 Å². The third-order valence-corrected chi connectivity index (χ3v) is 3.42. The molecule has 0 saturated carbocycles. The Morgan fingerprint density at radius 3 is 3.06 bits per heavy atom. The molecular weight excluding hydrogens is 222 g/mol. The number of thiophene rings is 1. The van der Waals surface area contributed by atoms with Crippen LogP contribution in [-0.4, -0.2) is 17.6 Å². The number of aromatic hydroxyl groups is 1. The Labute approximate surface area is 97.7 Å². The number of hydrogen-bond donors (Lipinski definition) is 2. The van der Waals surface area contributed by atoms with E-state index in [4.69, 9.17) is 0 Å². The fourth-order valence-corrected chi connectivity index (χ4v) is 2.61. The van der Waals surface area contributed by atoms with Gasteiger partial charge in [0.25, 0.3) is 0 Å². The van der Waals surface area contributed by atoms with Gasteiger partial charge in [-0.2, -0.15) is 0 Å². The van der Waals surface area contributed by atoms with E-state index in [0.717, 1.165) is 16.5 Å². The largest absolute Gasteiger partial charge is 0.508 e. The smallest absolute Gasteiger partial charge is 0.216 e. The van der Waals surface area contributed by atoms with Crippen LogP contribution < -0.4 is 5.32 Å². The highest BCUT2D eigenvalue weighted by Crippen LogP contribution is 2.29. The molecule has 0 aliphatic carbocycles. The number of carbonyl (C=O) groups is 1. The molecule has 1 aromatic heterocycles. The molecule has 0 fully saturated rings. The van der Waals surface area contributed by atoms with Crippen molar-refractivity contribution < 1.29 is 9.90 Å². The molecule has 0 unspecified atom stereocenters. The van der Waals surface area contributed by atoms with Crippen molar-refractivity contribution in [2.75, 3.05) is 6.54 Å². The van der Waals surface area contributed by atoms with Gasteiger partial charge in [-0.3, -0.25) is 4.79 Å². The number of carbonyl (C=O) groups excluding carboxylic acids is 1. The lowest BCUT2D eigenvalue weighted by Crippen LogP contribution is -2.22. The number of phenols is 1. The van der Waals surface area contributed by atoms with Crippen LogP contribution in [0.5, 0.6) is 5.75 Å². The van der Waals surface area contributed by atoms with Gasteiger partial charge < -0.3 is 10.4 Å². The fraction of sp³-hybridized carbons (Fsp3) is 0.250. The normalized spacial score (nSPS) is 10.6. The number of hydrogen-bond acceptors (Lipinski definition) is 3. The van der Waals surface area contributed by atoms with Crippen LogP contribution in [0.2, 0.25) is 0 Å². The lowest BCUT2D eigenvalue weighted by Gasteiger charge is -2.01. The van der Waals surface area contributed by atoms with Crippen molar-refractivity contribution in [1.82, 2.24) is 5.32 Å². The molecule has 4 heteroatoms. The molecule has 1 heterocycles. The Morgan fingerprint density at radius 1 is 1.50 bits per heavy atom. The molecule has 0 atom stereocenters. The number of rotatable bonds is 3. The summed E-state index contributed by atoms with van der Waals surface area (Å²) in [6.45, 7) is 2.15. The van der Waals surface area contributed by atoms with Crippen LogP contribution in [0, 0.1) is 0 Å². The lowest BCUT2D eigenvalue weighted by atomic mass is 10.1. The Balaban J connectivity index is 2.17. The quantitative estimate of drug-likeness (QED) is 0.857. The molecular formula is C12H13NO2S. The minimum absolute atomic E-state index is 0.0117. The predicted molar refractivity (Wildman–Crippen MR) is 65.9 cm³/mol. The summed E-state index contributed by atoms with van der Waals surface area (Å²) >= 11 is 1.66. The minimum atomic E-state index is -0.0117. The van der Waals surface area contributed by atoms with E-state index in [2.05, 4.69) is 10.7 Å². The molecule has 2 rings (SSSR count). The average Bonchev–Trinajstić information content (AvgIpc) is 2.60. The van der Waals surface area contributed by atoms with Crippen LogP contribution in [0.15, 0.2) is 23.6 Å². The Bertz CT molecular complexity index is 519. The summed E-state index contributed by atoms with van der Waals surface area (Å²) < 4.78 is 1.16. The summed E-state index contributed by atoms with van der Waals surface area (Å²) in [6, 6.07) is 5.38. The highest BCUT2D eigenvalue weighted by atomic mass is 32.1. The monoisotopic (exact) mass is 235 g/mol. The van der Waals surface area contributed by atoms with Crippen molar-refractivity contribution in [3.8, 4) is 5.75 Å². The molecule has 0 radical (unpaired) electrons. The van der Waals surface area contributed by atoms with E-state index in [9.17, 15) is 9.90 Å². The Hall–Kier alpha value is -1.55. The maximum Gasteiger partial charge on any atom is 0.216 e. The molecule has 0 bridgehead atoms. The first-order valence-electron chi connectivity index (χ1n) is 5.10. The van der Waals surface area contributed by atoms with E-state index in [1.807, 2.05) is 6.07 Å². The van der Waals surface area contributed by atoms with Gasteiger partial charge in [-0.25, -0.2) is 0 Å². The molecule has 0 spiro atoms. The second kappa shape index (κ2) is 4.53. The maximum atomic E-state index is 10.7. The highest BCUT2D eigenvalue weighted by molar-refractivity contribution is 7.17. The number of phenolic OH excluding ortho intramolecular Hbond substituents is 1. The van der Waals surface area contributed by atoms with Crippen LogP contribution >= 0.6 is 11.3 Å². The predicted octanol–water partition coefficient (Wildman–Crippen LogP) is 2.29. The number of nitrogens with one attached hydrogen (secondary N) is 1. The summed E-state index contributed by atoms with van der Waals surface area (Å²) in [5.74, 6) is 0.272. The minimum Gasteiger partial charge on any atom is -0.508 e. The summed E-state index contributed by atoms with van der Waals surface area (Å²) in [4.78, 5) is 10.7. The van der Waals surface area contributed by atoms with Gasteiger partial charge in [-0.15, -0.1) is 11.3 Å². The van der Waals surface area contributed by atoms with Crippen LogP contribution in [0.25, 0.3) is 10.1 Å². The zero-order chi connectivity index (χ0) is 11.5. The van der Waals surface area contributed by atoms with Crippen molar-refractivity contribution >= 4 is 27.3 Å². The van der Waals surface area contributed by atoms with Crippen molar-refractivity contribution in [2.24, 2.45) is 0 Å². The molecule has 84 valence electrons. The molecule has 16 heavy (non-hydrogen) atoms. The average molecular weight is 235 g/mol. The number of benzene rings is 1. The van der Waals surface area contributed by atoms with E-state index < -0.39 is 0 Å².